The van der Waals surface area contributed by atoms with Gasteiger partial charge in [-0.25, -0.2) is 0 Å². The van der Waals surface area contributed by atoms with Crippen molar-refractivity contribution >= 4 is 5.97 Å². The first kappa shape index (κ1) is 18.4. The number of carbonyl (C=O) groups is 1. The van der Waals surface area contributed by atoms with Crippen molar-refractivity contribution in [2.75, 3.05) is 28.4 Å². The molecule has 1 N–H and O–H groups in total. The van der Waals surface area contributed by atoms with Gasteiger partial charge in [0.1, 0.15) is 0 Å². The van der Waals surface area contributed by atoms with E-state index in [1.165, 1.54) is 0 Å². The Labute approximate surface area is 146 Å². The lowest BCUT2D eigenvalue weighted by atomic mass is 9.88. The van der Waals surface area contributed by atoms with Crippen molar-refractivity contribution in [1.29, 1.82) is 0 Å². The van der Waals surface area contributed by atoms with Crippen LogP contribution < -0.4 is 18.9 Å². The second-order valence-corrected chi connectivity index (χ2v) is 5.38. The molecule has 0 saturated heterocycles. The van der Waals surface area contributed by atoms with Gasteiger partial charge in [0.2, 0.25) is 0 Å². The van der Waals surface area contributed by atoms with Crippen molar-refractivity contribution in [2.45, 2.75) is 12.3 Å². The smallest absolute Gasteiger partial charge is 0.304 e. The van der Waals surface area contributed by atoms with Crippen LogP contribution in [0.5, 0.6) is 23.0 Å². The van der Waals surface area contributed by atoms with Crippen LogP contribution in [0, 0.1) is 0 Å². The van der Waals surface area contributed by atoms with Crippen LogP contribution >= 0.6 is 0 Å². The number of rotatable bonds is 8. The van der Waals surface area contributed by atoms with Crippen LogP contribution in [0.1, 0.15) is 23.5 Å². The Hall–Kier alpha value is -2.89. The second kappa shape index (κ2) is 8.28. The number of carboxylic acids is 1. The Kier molecular flexibility index (Phi) is 6.11. The van der Waals surface area contributed by atoms with E-state index in [1.807, 2.05) is 12.1 Å². The van der Waals surface area contributed by atoms with Crippen molar-refractivity contribution in [1.82, 2.24) is 0 Å². The van der Waals surface area contributed by atoms with Crippen LogP contribution in [0.2, 0.25) is 0 Å². The number of hydrogen-bond acceptors (Lipinski definition) is 5. The summed E-state index contributed by atoms with van der Waals surface area (Å²) in [5.74, 6) is 1.03. The van der Waals surface area contributed by atoms with Crippen molar-refractivity contribution in [3.05, 3.63) is 47.5 Å². The standard InChI is InChI=1S/C19H22O6/c1-22-15-7-5-12(9-17(15)24-3)14(11-19(20)21)13-6-8-16(23-2)18(10-13)25-4/h5-10,14H,11H2,1-4H3,(H,20,21). The van der Waals surface area contributed by atoms with E-state index in [4.69, 9.17) is 18.9 Å². The number of aliphatic carboxylic acids is 1. The van der Waals surface area contributed by atoms with Crippen LogP contribution in [-0.4, -0.2) is 39.5 Å². The molecule has 2 aromatic rings. The van der Waals surface area contributed by atoms with Gasteiger partial charge < -0.3 is 24.1 Å². The third-order valence-electron chi connectivity index (χ3n) is 4.00. The predicted octanol–water partition coefficient (Wildman–Crippen LogP) is 3.33. The van der Waals surface area contributed by atoms with E-state index in [9.17, 15) is 9.90 Å². The van der Waals surface area contributed by atoms with Gasteiger partial charge in [0, 0.05) is 5.92 Å². The molecule has 2 aromatic carbocycles. The summed E-state index contributed by atoms with van der Waals surface area (Å²) in [4.78, 5) is 11.4. The molecule has 0 bridgehead atoms. The van der Waals surface area contributed by atoms with Crippen LogP contribution in [-0.2, 0) is 4.79 Å². The minimum absolute atomic E-state index is 0.0645. The Morgan fingerprint density at radius 3 is 1.52 bits per heavy atom. The summed E-state index contributed by atoms with van der Waals surface area (Å²) in [6, 6.07) is 10.8. The number of benzene rings is 2. The zero-order chi connectivity index (χ0) is 18.4. The molecule has 25 heavy (non-hydrogen) atoms. The zero-order valence-electron chi connectivity index (χ0n) is 14.7. The van der Waals surface area contributed by atoms with Crippen LogP contribution in [0.4, 0.5) is 0 Å². The minimum atomic E-state index is -0.894. The SMILES string of the molecule is COc1ccc(C(CC(=O)O)c2ccc(OC)c(OC)c2)cc1OC. The normalized spacial score (nSPS) is 10.4. The Morgan fingerprint density at radius 2 is 1.20 bits per heavy atom. The topological polar surface area (TPSA) is 74.2 Å². The number of carboxylic acid groups (broad SMARTS) is 1. The quantitative estimate of drug-likeness (QED) is 0.790. The average Bonchev–Trinajstić information content (AvgIpc) is 2.64. The van der Waals surface area contributed by atoms with Gasteiger partial charge in [-0.2, -0.15) is 0 Å². The van der Waals surface area contributed by atoms with Gasteiger partial charge in [-0.3, -0.25) is 4.79 Å². The second-order valence-electron chi connectivity index (χ2n) is 5.38. The van der Waals surface area contributed by atoms with Gasteiger partial charge in [0.05, 0.1) is 34.9 Å². The molecule has 0 spiro atoms. The first-order valence-corrected chi connectivity index (χ1v) is 7.69. The molecule has 0 aliphatic heterocycles. The summed E-state index contributed by atoms with van der Waals surface area (Å²) < 4.78 is 21.2. The van der Waals surface area contributed by atoms with E-state index in [0.29, 0.717) is 23.0 Å². The molecule has 0 radical (unpaired) electrons. The Morgan fingerprint density at radius 1 is 0.800 bits per heavy atom. The molecule has 6 nitrogen and oxygen atoms in total. The lowest BCUT2D eigenvalue weighted by molar-refractivity contribution is -0.137. The molecule has 0 amide bonds. The fourth-order valence-corrected chi connectivity index (χ4v) is 2.74. The van der Waals surface area contributed by atoms with E-state index >= 15 is 0 Å². The Bertz CT molecular complexity index is 685. The lowest BCUT2D eigenvalue weighted by Gasteiger charge is -2.19. The molecule has 0 aromatic heterocycles. The maximum absolute atomic E-state index is 11.4. The van der Waals surface area contributed by atoms with Gasteiger partial charge in [-0.1, -0.05) is 12.1 Å². The first-order chi connectivity index (χ1) is 12.0. The summed E-state index contributed by atoms with van der Waals surface area (Å²) in [6.07, 6.45) is -0.0645. The maximum Gasteiger partial charge on any atom is 0.304 e. The Balaban J connectivity index is 2.51. The largest absolute Gasteiger partial charge is 0.493 e. The van der Waals surface area contributed by atoms with Gasteiger partial charge >= 0.3 is 5.97 Å². The number of ether oxygens (including phenoxy) is 4. The highest BCUT2D eigenvalue weighted by molar-refractivity contribution is 5.69. The molecule has 2 rings (SSSR count). The summed E-state index contributed by atoms with van der Waals surface area (Å²) in [6.45, 7) is 0. The van der Waals surface area contributed by atoms with Crippen molar-refractivity contribution < 1.29 is 28.8 Å². The highest BCUT2D eigenvalue weighted by Crippen LogP contribution is 2.38. The third kappa shape index (κ3) is 4.15. The first-order valence-electron chi connectivity index (χ1n) is 7.69. The van der Waals surface area contributed by atoms with Crippen molar-refractivity contribution in [3.8, 4) is 23.0 Å². The summed E-state index contributed by atoms with van der Waals surface area (Å²) in [5.41, 5.74) is 1.62. The monoisotopic (exact) mass is 346 g/mol. The molecule has 0 aliphatic carbocycles. The highest BCUT2D eigenvalue weighted by atomic mass is 16.5. The van der Waals surface area contributed by atoms with Crippen LogP contribution in [0.15, 0.2) is 36.4 Å². The fraction of sp³-hybridized carbons (Fsp3) is 0.316. The highest BCUT2D eigenvalue weighted by Gasteiger charge is 2.21. The van der Waals surface area contributed by atoms with Crippen molar-refractivity contribution in [3.63, 3.8) is 0 Å². The molecule has 6 heteroatoms. The molecule has 0 fully saturated rings. The number of hydrogen-bond donors (Lipinski definition) is 1. The summed E-state index contributed by atoms with van der Waals surface area (Å²) in [5, 5.41) is 9.35. The summed E-state index contributed by atoms with van der Waals surface area (Å²) >= 11 is 0. The summed E-state index contributed by atoms with van der Waals surface area (Å²) in [7, 11) is 6.20. The molecule has 134 valence electrons. The minimum Gasteiger partial charge on any atom is -0.493 e. The third-order valence-corrected chi connectivity index (χ3v) is 4.00. The molecular formula is C19H22O6. The molecule has 0 saturated carbocycles. The molecule has 0 atom stereocenters. The van der Waals surface area contributed by atoms with E-state index in [1.54, 1.807) is 52.7 Å². The van der Waals surface area contributed by atoms with Gasteiger partial charge in [0.15, 0.2) is 23.0 Å². The molecule has 0 aliphatic rings. The van der Waals surface area contributed by atoms with Crippen LogP contribution in [0.3, 0.4) is 0 Å². The van der Waals surface area contributed by atoms with Gasteiger partial charge in [-0.05, 0) is 35.4 Å². The molecular weight excluding hydrogens is 324 g/mol. The van der Waals surface area contributed by atoms with E-state index in [2.05, 4.69) is 0 Å². The number of methoxy groups -OCH3 is 4. The predicted molar refractivity (Wildman–Crippen MR) is 93.2 cm³/mol. The maximum atomic E-state index is 11.4. The molecule has 0 unspecified atom stereocenters. The van der Waals surface area contributed by atoms with Crippen molar-refractivity contribution in [2.24, 2.45) is 0 Å². The van der Waals surface area contributed by atoms with Gasteiger partial charge in [0.25, 0.3) is 0 Å². The average molecular weight is 346 g/mol. The van der Waals surface area contributed by atoms with E-state index in [-0.39, 0.29) is 12.3 Å². The zero-order valence-corrected chi connectivity index (χ0v) is 14.7. The lowest BCUT2D eigenvalue weighted by Crippen LogP contribution is -2.09. The van der Waals surface area contributed by atoms with Crippen LogP contribution in [0.25, 0.3) is 0 Å². The fourth-order valence-electron chi connectivity index (χ4n) is 2.74. The van der Waals surface area contributed by atoms with E-state index in [0.717, 1.165) is 11.1 Å². The van der Waals surface area contributed by atoms with E-state index < -0.39 is 5.97 Å². The molecule has 0 heterocycles. The van der Waals surface area contributed by atoms with Gasteiger partial charge in [-0.15, -0.1) is 0 Å².